The Morgan fingerprint density at radius 2 is 1.83 bits per heavy atom. The van der Waals surface area contributed by atoms with E-state index in [-0.39, 0.29) is 21.3 Å². The molecule has 29 heavy (non-hydrogen) atoms. The molecule has 2 N–H and O–H groups in total. The maximum Gasteiger partial charge on any atom is 0.325 e. The summed E-state index contributed by atoms with van der Waals surface area (Å²) in [6, 6.07) is 6.69. The molecule has 2 aromatic rings. The summed E-state index contributed by atoms with van der Waals surface area (Å²) in [5, 5.41) is 15.7. The molecule has 0 aliphatic heterocycles. The summed E-state index contributed by atoms with van der Waals surface area (Å²) in [4.78, 5) is 45.4. The number of hydrogen-bond acceptors (Lipinski definition) is 6. The normalized spacial score (nSPS) is 10.2. The summed E-state index contributed by atoms with van der Waals surface area (Å²) in [7, 11) is 0. The summed E-state index contributed by atoms with van der Waals surface area (Å²) in [6.45, 7) is -1.31. The highest BCUT2D eigenvalue weighted by molar-refractivity contribution is 6.42. The van der Waals surface area contributed by atoms with E-state index in [2.05, 4.69) is 15.4 Å². The van der Waals surface area contributed by atoms with Crippen molar-refractivity contribution in [2.75, 3.05) is 18.5 Å². The first-order valence-electron chi connectivity index (χ1n) is 7.80. The summed E-state index contributed by atoms with van der Waals surface area (Å²) in [6.07, 6.45) is 0. The standard InChI is InChI=1S/C17H12Cl2FN3O6/c18-11-3-1-9(5-12(11)19)17(26)21-7-16(25)29-8-15(24)22-13-4-2-10(20)6-14(13)23(27)28/h1-6H,7-8H2,(H,21,26)(H,22,24). The minimum Gasteiger partial charge on any atom is -0.454 e. The molecule has 2 amide bonds. The SMILES string of the molecule is O=C(COC(=O)CNC(=O)c1ccc(Cl)c(Cl)c1)Nc1ccc(F)cc1[N+](=O)[O-]. The van der Waals surface area contributed by atoms with Crippen LogP contribution in [0.1, 0.15) is 10.4 Å². The van der Waals surface area contributed by atoms with E-state index < -0.39 is 47.4 Å². The van der Waals surface area contributed by atoms with Crippen molar-refractivity contribution in [3.8, 4) is 0 Å². The minimum absolute atomic E-state index is 0.161. The molecule has 12 heteroatoms. The topological polar surface area (TPSA) is 128 Å². The number of nitrogens with one attached hydrogen (secondary N) is 2. The maximum absolute atomic E-state index is 13.1. The second-order valence-electron chi connectivity index (χ2n) is 5.44. The average Bonchev–Trinajstić information content (AvgIpc) is 2.67. The van der Waals surface area contributed by atoms with Gasteiger partial charge in [-0.3, -0.25) is 24.5 Å². The number of halogens is 3. The second-order valence-corrected chi connectivity index (χ2v) is 6.25. The lowest BCUT2D eigenvalue weighted by Crippen LogP contribution is -2.32. The van der Waals surface area contributed by atoms with Gasteiger partial charge in [0.1, 0.15) is 18.0 Å². The fraction of sp³-hybridized carbons (Fsp3) is 0.118. The van der Waals surface area contributed by atoms with Crippen molar-refractivity contribution in [1.82, 2.24) is 5.32 Å². The maximum atomic E-state index is 13.1. The Morgan fingerprint density at radius 1 is 1.10 bits per heavy atom. The molecule has 0 aliphatic carbocycles. The van der Waals surface area contributed by atoms with Gasteiger partial charge in [0.25, 0.3) is 17.5 Å². The molecule has 0 aromatic heterocycles. The van der Waals surface area contributed by atoms with Gasteiger partial charge in [-0.2, -0.15) is 0 Å². The molecule has 0 aliphatic rings. The Hall–Kier alpha value is -3.24. The summed E-state index contributed by atoms with van der Waals surface area (Å²) < 4.78 is 17.8. The molecule has 152 valence electrons. The lowest BCUT2D eigenvalue weighted by atomic mass is 10.2. The Labute approximate surface area is 172 Å². The lowest BCUT2D eigenvalue weighted by Gasteiger charge is -2.08. The summed E-state index contributed by atoms with van der Waals surface area (Å²) in [5.41, 5.74) is -0.752. The molecule has 0 bridgehead atoms. The predicted molar refractivity (Wildman–Crippen MR) is 101 cm³/mol. The van der Waals surface area contributed by atoms with Crippen molar-refractivity contribution < 1.29 is 28.4 Å². The molecule has 0 saturated carbocycles. The monoisotopic (exact) mass is 443 g/mol. The number of carbonyl (C=O) groups excluding carboxylic acids is 3. The van der Waals surface area contributed by atoms with Crippen molar-refractivity contribution in [2.45, 2.75) is 0 Å². The van der Waals surface area contributed by atoms with Crippen molar-refractivity contribution in [1.29, 1.82) is 0 Å². The van der Waals surface area contributed by atoms with E-state index in [0.29, 0.717) is 6.07 Å². The molecule has 2 aromatic carbocycles. The summed E-state index contributed by atoms with van der Waals surface area (Å²) >= 11 is 11.5. The molecule has 0 radical (unpaired) electrons. The summed E-state index contributed by atoms with van der Waals surface area (Å²) in [5.74, 6) is -3.28. The number of benzene rings is 2. The number of amides is 2. The second kappa shape index (κ2) is 9.80. The Morgan fingerprint density at radius 3 is 2.48 bits per heavy atom. The van der Waals surface area contributed by atoms with Crippen LogP contribution in [0.5, 0.6) is 0 Å². The van der Waals surface area contributed by atoms with Crippen molar-refractivity contribution in [3.05, 3.63) is 67.9 Å². The van der Waals surface area contributed by atoms with Crippen LogP contribution in [0.2, 0.25) is 10.0 Å². The highest BCUT2D eigenvalue weighted by atomic mass is 35.5. The van der Waals surface area contributed by atoms with Crippen LogP contribution < -0.4 is 10.6 Å². The first kappa shape index (κ1) is 22.1. The molecular weight excluding hydrogens is 432 g/mol. The van der Waals surface area contributed by atoms with Crippen LogP contribution in [-0.2, 0) is 14.3 Å². The number of nitro benzene ring substituents is 1. The number of rotatable bonds is 7. The van der Waals surface area contributed by atoms with Gasteiger partial charge in [0.15, 0.2) is 6.61 Å². The van der Waals surface area contributed by atoms with Crippen LogP contribution in [0.25, 0.3) is 0 Å². The fourth-order valence-electron chi connectivity index (χ4n) is 2.04. The fourth-order valence-corrected chi connectivity index (χ4v) is 2.33. The first-order valence-corrected chi connectivity index (χ1v) is 8.55. The van der Waals surface area contributed by atoms with Crippen LogP contribution in [-0.4, -0.2) is 35.9 Å². The van der Waals surface area contributed by atoms with Gasteiger partial charge < -0.3 is 15.4 Å². The van der Waals surface area contributed by atoms with Gasteiger partial charge in [-0.25, -0.2) is 4.39 Å². The zero-order chi connectivity index (χ0) is 21.6. The van der Waals surface area contributed by atoms with Crippen LogP contribution in [0.4, 0.5) is 15.8 Å². The number of nitrogens with zero attached hydrogens (tertiary/aromatic N) is 1. The van der Waals surface area contributed by atoms with Crippen molar-refractivity contribution in [3.63, 3.8) is 0 Å². The van der Waals surface area contributed by atoms with Gasteiger partial charge in [-0.05, 0) is 30.3 Å². The highest BCUT2D eigenvalue weighted by Gasteiger charge is 2.18. The third kappa shape index (κ3) is 6.40. The van der Waals surface area contributed by atoms with Gasteiger partial charge >= 0.3 is 5.97 Å². The molecule has 2 rings (SSSR count). The van der Waals surface area contributed by atoms with Gasteiger partial charge in [0.2, 0.25) is 0 Å². The first-order chi connectivity index (χ1) is 13.7. The van der Waals surface area contributed by atoms with E-state index in [1.807, 2.05) is 0 Å². The lowest BCUT2D eigenvalue weighted by molar-refractivity contribution is -0.384. The molecule has 0 spiro atoms. The average molecular weight is 444 g/mol. The molecule has 0 heterocycles. The number of carbonyl (C=O) groups is 3. The third-order valence-corrected chi connectivity index (χ3v) is 4.11. The van der Waals surface area contributed by atoms with Crippen LogP contribution in [0.3, 0.4) is 0 Å². The number of esters is 1. The third-order valence-electron chi connectivity index (χ3n) is 3.37. The number of ether oxygens (including phenoxy) is 1. The van der Waals surface area contributed by atoms with Crippen LogP contribution >= 0.6 is 23.2 Å². The molecule has 0 fully saturated rings. The van der Waals surface area contributed by atoms with E-state index in [1.165, 1.54) is 18.2 Å². The van der Waals surface area contributed by atoms with Gasteiger partial charge in [0, 0.05) is 5.56 Å². The zero-order valence-corrected chi connectivity index (χ0v) is 15.9. The van der Waals surface area contributed by atoms with E-state index >= 15 is 0 Å². The van der Waals surface area contributed by atoms with E-state index in [1.54, 1.807) is 0 Å². The minimum atomic E-state index is -0.929. The van der Waals surface area contributed by atoms with E-state index in [0.717, 1.165) is 12.1 Å². The van der Waals surface area contributed by atoms with Crippen LogP contribution in [0.15, 0.2) is 36.4 Å². The Kier molecular flexibility index (Phi) is 7.46. The van der Waals surface area contributed by atoms with Gasteiger partial charge in [-0.1, -0.05) is 23.2 Å². The van der Waals surface area contributed by atoms with Gasteiger partial charge in [-0.15, -0.1) is 0 Å². The Balaban J connectivity index is 1.83. The molecule has 0 unspecified atom stereocenters. The largest absolute Gasteiger partial charge is 0.454 e. The molecule has 0 saturated heterocycles. The predicted octanol–water partition coefficient (Wildman–Crippen LogP) is 2.95. The zero-order valence-electron chi connectivity index (χ0n) is 14.4. The number of nitro groups is 1. The molecule has 0 atom stereocenters. The molecule has 9 nitrogen and oxygen atoms in total. The smallest absolute Gasteiger partial charge is 0.325 e. The van der Waals surface area contributed by atoms with E-state index in [4.69, 9.17) is 23.2 Å². The number of anilines is 1. The van der Waals surface area contributed by atoms with Crippen molar-refractivity contribution in [2.24, 2.45) is 0 Å². The van der Waals surface area contributed by atoms with Gasteiger partial charge in [0.05, 0.1) is 21.0 Å². The quantitative estimate of drug-likeness (QED) is 0.384. The van der Waals surface area contributed by atoms with Crippen molar-refractivity contribution >= 4 is 52.4 Å². The van der Waals surface area contributed by atoms with Crippen LogP contribution in [0, 0.1) is 15.9 Å². The number of hydrogen-bond donors (Lipinski definition) is 2. The van der Waals surface area contributed by atoms with E-state index in [9.17, 15) is 28.9 Å². The Bertz CT molecular complexity index is 986. The molecular formula is C17H12Cl2FN3O6. The highest BCUT2D eigenvalue weighted by Crippen LogP contribution is 2.25.